The Hall–Kier alpha value is -2.34. The van der Waals surface area contributed by atoms with E-state index in [1.165, 1.54) is 17.5 Å². The molecule has 0 unspecified atom stereocenters. The summed E-state index contributed by atoms with van der Waals surface area (Å²) in [6.07, 6.45) is 6.42. The molecule has 0 bridgehead atoms. The molecular weight excluding hydrogens is 420 g/mol. The Kier molecular flexibility index (Phi) is 5.31. The highest BCUT2D eigenvalue weighted by atomic mass is 32.2. The number of hydrogen-bond donors (Lipinski definition) is 1. The van der Waals surface area contributed by atoms with Crippen LogP contribution in [-0.4, -0.2) is 21.2 Å². The number of aryl methyl sites for hydroxylation is 2. The third kappa shape index (κ3) is 3.53. The normalized spacial score (nSPS) is 30.3. The highest BCUT2D eigenvalue weighted by Gasteiger charge is 2.53. The van der Waals surface area contributed by atoms with Crippen molar-refractivity contribution in [2.24, 2.45) is 22.4 Å². The molecule has 4 atom stereocenters. The predicted molar refractivity (Wildman–Crippen MR) is 127 cm³/mol. The molecule has 0 saturated heterocycles. The summed E-state index contributed by atoms with van der Waals surface area (Å²) in [6, 6.07) is 13.5. The van der Waals surface area contributed by atoms with Crippen molar-refractivity contribution in [3.63, 3.8) is 0 Å². The average molecular weight is 453 g/mol. The molecule has 2 saturated carbocycles. The van der Waals surface area contributed by atoms with Crippen molar-refractivity contribution in [3.05, 3.63) is 59.2 Å². The molecule has 5 rings (SSSR count). The number of nitrogens with one attached hydrogen (secondary N) is 1. The number of sulfonamides is 1. The van der Waals surface area contributed by atoms with E-state index >= 15 is 0 Å². The van der Waals surface area contributed by atoms with Crippen LogP contribution in [0.25, 0.3) is 0 Å². The molecule has 6 heteroatoms. The second kappa shape index (κ2) is 7.91. The van der Waals surface area contributed by atoms with Crippen LogP contribution in [0.4, 0.5) is 0 Å². The zero-order valence-corrected chi connectivity index (χ0v) is 19.9. The van der Waals surface area contributed by atoms with Crippen molar-refractivity contribution in [2.75, 3.05) is 7.11 Å². The van der Waals surface area contributed by atoms with E-state index in [-0.39, 0.29) is 10.3 Å². The maximum atomic E-state index is 12.8. The number of nitrogens with zero attached hydrogens (tertiary/aromatic N) is 1. The van der Waals surface area contributed by atoms with Crippen LogP contribution in [0, 0.1) is 24.2 Å². The third-order valence-corrected chi connectivity index (χ3v) is 9.53. The zero-order valence-electron chi connectivity index (χ0n) is 19.1. The van der Waals surface area contributed by atoms with E-state index in [2.05, 4.69) is 35.1 Å². The highest BCUT2D eigenvalue weighted by Crippen LogP contribution is 2.59. The van der Waals surface area contributed by atoms with Gasteiger partial charge in [0.2, 0.25) is 0 Å². The fourth-order valence-electron chi connectivity index (χ4n) is 6.54. The molecule has 0 radical (unpaired) electrons. The molecule has 0 spiro atoms. The molecule has 0 heterocycles. The van der Waals surface area contributed by atoms with Crippen molar-refractivity contribution >= 4 is 15.7 Å². The summed E-state index contributed by atoms with van der Waals surface area (Å²) in [7, 11) is -1.92. The summed E-state index contributed by atoms with van der Waals surface area (Å²) < 4.78 is 30.9. The fraction of sp³-hybridized carbons (Fsp3) is 0.500. The van der Waals surface area contributed by atoms with Crippen LogP contribution in [0.15, 0.2) is 52.5 Å². The number of benzene rings is 2. The molecule has 0 amide bonds. The molecule has 2 fully saturated rings. The largest absolute Gasteiger partial charge is 0.497 e. The van der Waals surface area contributed by atoms with Gasteiger partial charge in [-0.05, 0) is 98.6 Å². The number of fused-ring (bicyclic) bond motifs is 5. The van der Waals surface area contributed by atoms with Gasteiger partial charge >= 0.3 is 0 Å². The van der Waals surface area contributed by atoms with Gasteiger partial charge in [-0.1, -0.05) is 30.7 Å². The van der Waals surface area contributed by atoms with Gasteiger partial charge in [0, 0.05) is 11.1 Å². The first-order chi connectivity index (χ1) is 15.3. The smallest absolute Gasteiger partial charge is 0.276 e. The monoisotopic (exact) mass is 452 g/mol. The van der Waals surface area contributed by atoms with E-state index in [0.29, 0.717) is 17.8 Å². The Labute approximate surface area is 191 Å². The lowest BCUT2D eigenvalue weighted by molar-refractivity contribution is 0.0954. The van der Waals surface area contributed by atoms with Gasteiger partial charge in [-0.15, -0.1) is 0 Å². The van der Waals surface area contributed by atoms with Gasteiger partial charge in [-0.2, -0.15) is 13.5 Å². The first-order valence-electron chi connectivity index (χ1n) is 11.6. The predicted octanol–water partition coefficient (Wildman–Crippen LogP) is 5.19. The fourth-order valence-corrected chi connectivity index (χ4v) is 7.37. The van der Waals surface area contributed by atoms with Crippen molar-refractivity contribution in [3.8, 4) is 5.75 Å². The quantitative estimate of drug-likeness (QED) is 0.649. The van der Waals surface area contributed by atoms with Gasteiger partial charge in [-0.3, -0.25) is 0 Å². The molecule has 0 aliphatic heterocycles. The van der Waals surface area contributed by atoms with Crippen molar-refractivity contribution in [1.29, 1.82) is 0 Å². The van der Waals surface area contributed by atoms with E-state index in [1.807, 2.05) is 19.1 Å². The lowest BCUT2D eigenvalue weighted by atomic mass is 9.55. The number of ether oxygens (including phenoxy) is 1. The lowest BCUT2D eigenvalue weighted by Crippen LogP contribution is -2.43. The van der Waals surface area contributed by atoms with Gasteiger partial charge in [0.05, 0.1) is 12.0 Å². The molecule has 5 nitrogen and oxygen atoms in total. The van der Waals surface area contributed by atoms with Crippen LogP contribution >= 0.6 is 0 Å². The minimum Gasteiger partial charge on any atom is -0.497 e. The van der Waals surface area contributed by atoms with Crippen LogP contribution in [0.3, 0.4) is 0 Å². The first-order valence-corrected chi connectivity index (χ1v) is 13.1. The standard InChI is InChI=1S/C26H32N2O3S/c1-17-4-8-20(9-5-17)32(29,30)28-27-25-13-12-24-23-10-6-18-16-19(31-3)7-11-21(18)22(23)14-15-26(24,25)2/h4-5,7-9,11,16,22-24,28H,6,10,12-15H2,1-3H3/t22-,23+,24-,26-/m0/s1. The van der Waals surface area contributed by atoms with E-state index in [0.717, 1.165) is 49.1 Å². The number of hydrazone groups is 1. The number of methoxy groups -OCH3 is 1. The molecule has 0 aromatic heterocycles. The average Bonchev–Trinajstić information content (AvgIpc) is 3.13. The van der Waals surface area contributed by atoms with Crippen LogP contribution in [0.5, 0.6) is 5.75 Å². The molecule has 2 aromatic rings. The highest BCUT2D eigenvalue weighted by molar-refractivity contribution is 7.89. The van der Waals surface area contributed by atoms with Gasteiger partial charge in [0.25, 0.3) is 10.0 Å². The summed E-state index contributed by atoms with van der Waals surface area (Å²) in [4.78, 5) is 2.80. The third-order valence-electron chi connectivity index (χ3n) is 8.31. The molecule has 3 aliphatic rings. The second-order valence-electron chi connectivity index (χ2n) is 9.94. The van der Waals surface area contributed by atoms with E-state index < -0.39 is 10.0 Å². The van der Waals surface area contributed by atoms with Crippen LogP contribution in [0.1, 0.15) is 61.6 Å². The lowest BCUT2D eigenvalue weighted by Gasteiger charge is -2.49. The van der Waals surface area contributed by atoms with Gasteiger partial charge in [0.1, 0.15) is 5.75 Å². The second-order valence-corrected chi connectivity index (χ2v) is 11.6. The molecule has 3 aliphatic carbocycles. The Morgan fingerprint density at radius 1 is 1.06 bits per heavy atom. The Morgan fingerprint density at radius 2 is 1.84 bits per heavy atom. The molecular formula is C26H32N2O3S. The summed E-state index contributed by atoms with van der Waals surface area (Å²) in [5.74, 6) is 2.72. The van der Waals surface area contributed by atoms with E-state index in [1.54, 1.807) is 19.2 Å². The molecule has 2 aromatic carbocycles. The number of rotatable bonds is 4. The van der Waals surface area contributed by atoms with Gasteiger partial charge in [0.15, 0.2) is 0 Å². The van der Waals surface area contributed by atoms with Crippen molar-refractivity contribution in [2.45, 2.75) is 63.2 Å². The molecule has 170 valence electrons. The Balaban J connectivity index is 1.37. The van der Waals surface area contributed by atoms with Gasteiger partial charge in [-0.25, -0.2) is 4.83 Å². The topological polar surface area (TPSA) is 67.8 Å². The minimum absolute atomic E-state index is 0.0268. The summed E-state index contributed by atoms with van der Waals surface area (Å²) >= 11 is 0. The maximum absolute atomic E-state index is 12.8. The van der Waals surface area contributed by atoms with Crippen LogP contribution in [0.2, 0.25) is 0 Å². The van der Waals surface area contributed by atoms with Crippen molar-refractivity contribution in [1.82, 2.24) is 4.83 Å². The Morgan fingerprint density at radius 3 is 2.59 bits per heavy atom. The first kappa shape index (κ1) is 21.5. The summed E-state index contributed by atoms with van der Waals surface area (Å²) in [6.45, 7) is 4.25. The molecule has 1 N–H and O–H groups in total. The molecule has 32 heavy (non-hydrogen) atoms. The zero-order chi connectivity index (χ0) is 22.5. The van der Waals surface area contributed by atoms with E-state index in [4.69, 9.17) is 4.74 Å². The van der Waals surface area contributed by atoms with Crippen LogP contribution in [-0.2, 0) is 16.4 Å². The SMILES string of the molecule is COc1ccc2c(c1)CC[C@@H]1[C@H]2CC[C@]2(C)C(=NNS(=O)(=O)c3ccc(C)cc3)CC[C@@H]12. The summed E-state index contributed by atoms with van der Waals surface area (Å²) in [5, 5.41) is 4.52. The maximum Gasteiger partial charge on any atom is 0.276 e. The number of hydrogen-bond acceptors (Lipinski definition) is 4. The Bertz CT molecular complexity index is 1160. The van der Waals surface area contributed by atoms with E-state index in [9.17, 15) is 8.42 Å². The van der Waals surface area contributed by atoms with Crippen LogP contribution < -0.4 is 9.57 Å². The van der Waals surface area contributed by atoms with Crippen molar-refractivity contribution < 1.29 is 13.2 Å². The van der Waals surface area contributed by atoms with Gasteiger partial charge < -0.3 is 4.74 Å². The summed E-state index contributed by atoms with van der Waals surface area (Å²) in [5.41, 5.74) is 4.96. The minimum atomic E-state index is -3.65.